The maximum absolute atomic E-state index is 13.2. The van der Waals surface area contributed by atoms with Gasteiger partial charge in [0.25, 0.3) is 5.91 Å². The molecule has 0 bridgehead atoms. The minimum atomic E-state index is -3.57. The molecule has 1 atom stereocenters. The van der Waals surface area contributed by atoms with Gasteiger partial charge in [-0.2, -0.15) is 4.31 Å². The molecule has 2 aliphatic rings. The molecule has 1 unspecified atom stereocenters. The predicted molar refractivity (Wildman–Crippen MR) is 130 cm³/mol. The number of amides is 1. The number of fused-ring (bicyclic) bond motifs is 1. The van der Waals surface area contributed by atoms with Crippen LogP contribution in [0, 0.1) is 0 Å². The average molecular weight is 513 g/mol. The highest BCUT2D eigenvalue weighted by molar-refractivity contribution is 7.89. The lowest BCUT2D eigenvalue weighted by Gasteiger charge is -2.31. The Kier molecular flexibility index (Phi) is 6.67. The summed E-state index contributed by atoms with van der Waals surface area (Å²) in [5.74, 6) is 1.95. The topological polar surface area (TPSA) is 115 Å². The monoisotopic (exact) mass is 512 g/mol. The number of aromatic nitrogens is 2. The molecule has 0 saturated carbocycles. The number of benzene rings is 2. The molecule has 1 fully saturated rings. The standard InChI is InChI=1S/C25H28N4O6S/c1-3-29(4-2)36(31,32)20-10-7-17(8-11-20)25(30)28-13-5-6-19(15-28)24-27-26-23(35-24)18-9-12-21-22(14-18)34-16-33-21/h7-12,14,19H,3-6,13,15-16H2,1-2H3. The Labute approximate surface area is 209 Å². The zero-order chi connectivity index (χ0) is 25.3. The minimum Gasteiger partial charge on any atom is -0.454 e. The molecule has 11 heteroatoms. The summed E-state index contributed by atoms with van der Waals surface area (Å²) in [5, 5.41) is 8.45. The van der Waals surface area contributed by atoms with E-state index in [-0.39, 0.29) is 23.5 Å². The van der Waals surface area contributed by atoms with E-state index in [4.69, 9.17) is 13.9 Å². The molecule has 0 radical (unpaired) electrons. The molecule has 1 aromatic heterocycles. The Morgan fingerprint density at radius 3 is 2.56 bits per heavy atom. The number of carbonyl (C=O) groups excluding carboxylic acids is 1. The van der Waals surface area contributed by atoms with Gasteiger partial charge in [-0.3, -0.25) is 4.79 Å². The number of nitrogens with zero attached hydrogens (tertiary/aromatic N) is 4. The van der Waals surface area contributed by atoms with E-state index < -0.39 is 10.0 Å². The number of hydrogen-bond acceptors (Lipinski definition) is 8. The first-order valence-corrected chi connectivity index (χ1v) is 13.5. The molecule has 3 aromatic rings. The maximum Gasteiger partial charge on any atom is 0.253 e. The fraction of sp³-hybridized carbons (Fsp3) is 0.400. The number of hydrogen-bond donors (Lipinski definition) is 0. The third-order valence-electron chi connectivity index (χ3n) is 6.56. The van der Waals surface area contributed by atoms with Crippen molar-refractivity contribution in [2.24, 2.45) is 0 Å². The number of likely N-dealkylation sites (tertiary alicyclic amines) is 1. The summed E-state index contributed by atoms with van der Waals surface area (Å²) in [6.45, 7) is 5.62. The normalized spacial score (nSPS) is 17.5. The summed E-state index contributed by atoms with van der Waals surface area (Å²) >= 11 is 0. The quantitative estimate of drug-likeness (QED) is 0.472. The molecule has 1 amide bonds. The second kappa shape index (κ2) is 9.90. The minimum absolute atomic E-state index is 0.0831. The predicted octanol–water partition coefficient (Wildman–Crippen LogP) is 3.52. The average Bonchev–Trinajstić information content (AvgIpc) is 3.58. The summed E-state index contributed by atoms with van der Waals surface area (Å²) in [6, 6.07) is 11.6. The molecule has 3 heterocycles. The van der Waals surface area contributed by atoms with Crippen LogP contribution in [0.25, 0.3) is 11.5 Å². The summed E-state index contributed by atoms with van der Waals surface area (Å²) in [7, 11) is -3.57. The zero-order valence-corrected chi connectivity index (χ0v) is 21.0. The van der Waals surface area contributed by atoms with Crippen molar-refractivity contribution in [1.82, 2.24) is 19.4 Å². The van der Waals surface area contributed by atoms with E-state index in [9.17, 15) is 13.2 Å². The second-order valence-corrected chi connectivity index (χ2v) is 10.7. The molecule has 36 heavy (non-hydrogen) atoms. The Bertz CT molecular complexity index is 1350. The van der Waals surface area contributed by atoms with Gasteiger partial charge < -0.3 is 18.8 Å². The van der Waals surface area contributed by atoms with Crippen LogP contribution >= 0.6 is 0 Å². The molecule has 5 rings (SSSR count). The van der Waals surface area contributed by atoms with E-state index in [2.05, 4.69) is 10.2 Å². The van der Waals surface area contributed by atoms with Crippen LogP contribution in [-0.2, 0) is 10.0 Å². The molecule has 2 aliphatic heterocycles. The van der Waals surface area contributed by atoms with Crippen LogP contribution in [-0.4, -0.2) is 66.7 Å². The van der Waals surface area contributed by atoms with Gasteiger partial charge in [0.15, 0.2) is 11.5 Å². The second-order valence-electron chi connectivity index (χ2n) is 8.72. The Morgan fingerprint density at radius 1 is 1.06 bits per heavy atom. The van der Waals surface area contributed by atoms with Crippen molar-refractivity contribution in [3.63, 3.8) is 0 Å². The molecule has 0 spiro atoms. The highest BCUT2D eigenvalue weighted by Gasteiger charge is 2.30. The number of carbonyl (C=O) groups is 1. The lowest BCUT2D eigenvalue weighted by atomic mass is 9.97. The van der Waals surface area contributed by atoms with E-state index in [0.717, 1.165) is 18.4 Å². The van der Waals surface area contributed by atoms with Gasteiger partial charge in [0.05, 0.1) is 10.8 Å². The lowest BCUT2D eigenvalue weighted by molar-refractivity contribution is 0.0698. The van der Waals surface area contributed by atoms with Crippen LogP contribution in [0.15, 0.2) is 51.8 Å². The number of rotatable bonds is 7. The highest BCUT2D eigenvalue weighted by atomic mass is 32.2. The highest BCUT2D eigenvalue weighted by Crippen LogP contribution is 2.36. The van der Waals surface area contributed by atoms with E-state index in [1.807, 2.05) is 6.07 Å². The van der Waals surface area contributed by atoms with Crippen LogP contribution in [0.2, 0.25) is 0 Å². The molecular weight excluding hydrogens is 484 g/mol. The van der Waals surface area contributed by atoms with E-state index in [0.29, 0.717) is 55.0 Å². The van der Waals surface area contributed by atoms with Crippen LogP contribution in [0.5, 0.6) is 11.5 Å². The molecule has 0 aliphatic carbocycles. The van der Waals surface area contributed by atoms with Crippen LogP contribution < -0.4 is 9.47 Å². The van der Waals surface area contributed by atoms with Gasteiger partial charge in [0.1, 0.15) is 0 Å². The van der Waals surface area contributed by atoms with Gasteiger partial charge in [-0.15, -0.1) is 10.2 Å². The molecule has 1 saturated heterocycles. The summed E-state index contributed by atoms with van der Waals surface area (Å²) in [4.78, 5) is 15.1. The van der Waals surface area contributed by atoms with Crippen molar-refractivity contribution >= 4 is 15.9 Å². The largest absolute Gasteiger partial charge is 0.454 e. The first-order valence-electron chi connectivity index (χ1n) is 12.0. The number of ether oxygens (including phenoxy) is 2. The van der Waals surface area contributed by atoms with Gasteiger partial charge in [-0.05, 0) is 55.3 Å². The van der Waals surface area contributed by atoms with Crippen molar-refractivity contribution in [1.29, 1.82) is 0 Å². The molecule has 0 N–H and O–H groups in total. The summed E-state index contributed by atoms with van der Waals surface area (Å²) in [5.41, 5.74) is 1.18. The van der Waals surface area contributed by atoms with E-state index in [1.165, 1.54) is 16.4 Å². The van der Waals surface area contributed by atoms with Crippen LogP contribution in [0.4, 0.5) is 0 Å². The number of piperidine rings is 1. The fourth-order valence-electron chi connectivity index (χ4n) is 4.57. The van der Waals surface area contributed by atoms with Gasteiger partial charge in [0, 0.05) is 37.3 Å². The van der Waals surface area contributed by atoms with Gasteiger partial charge in [0.2, 0.25) is 28.6 Å². The first-order chi connectivity index (χ1) is 17.4. The smallest absolute Gasteiger partial charge is 0.253 e. The molecule has 2 aromatic carbocycles. The Balaban J connectivity index is 1.28. The maximum atomic E-state index is 13.2. The van der Waals surface area contributed by atoms with Crippen LogP contribution in [0.3, 0.4) is 0 Å². The fourth-order valence-corrected chi connectivity index (χ4v) is 6.03. The van der Waals surface area contributed by atoms with Crippen molar-refractivity contribution in [3.05, 3.63) is 53.9 Å². The van der Waals surface area contributed by atoms with Gasteiger partial charge in [-0.25, -0.2) is 8.42 Å². The molecular formula is C25H28N4O6S. The Morgan fingerprint density at radius 2 is 1.81 bits per heavy atom. The summed E-state index contributed by atoms with van der Waals surface area (Å²) in [6.07, 6.45) is 1.63. The van der Waals surface area contributed by atoms with Crippen molar-refractivity contribution < 1.29 is 27.1 Å². The third-order valence-corrected chi connectivity index (χ3v) is 8.63. The van der Waals surface area contributed by atoms with Gasteiger partial charge in [-0.1, -0.05) is 13.8 Å². The first kappa shape index (κ1) is 24.3. The van der Waals surface area contributed by atoms with Crippen molar-refractivity contribution in [2.75, 3.05) is 33.0 Å². The van der Waals surface area contributed by atoms with E-state index in [1.54, 1.807) is 43.0 Å². The van der Waals surface area contributed by atoms with Crippen molar-refractivity contribution in [2.45, 2.75) is 37.5 Å². The molecule has 190 valence electrons. The number of sulfonamides is 1. The lowest BCUT2D eigenvalue weighted by Crippen LogP contribution is -2.39. The third kappa shape index (κ3) is 4.56. The Hall–Kier alpha value is -3.44. The summed E-state index contributed by atoms with van der Waals surface area (Å²) < 4.78 is 43.6. The SMILES string of the molecule is CCN(CC)S(=O)(=O)c1ccc(C(=O)N2CCCC(c3nnc(-c4ccc5c(c4)OCO5)o3)C2)cc1. The van der Waals surface area contributed by atoms with Crippen LogP contribution in [0.1, 0.15) is 48.9 Å². The van der Waals surface area contributed by atoms with E-state index >= 15 is 0 Å². The van der Waals surface area contributed by atoms with Crippen molar-refractivity contribution in [3.8, 4) is 23.0 Å². The van der Waals surface area contributed by atoms with Gasteiger partial charge >= 0.3 is 0 Å². The zero-order valence-electron chi connectivity index (χ0n) is 20.2. The molecule has 10 nitrogen and oxygen atoms in total.